The number of allylic oxidation sites excluding steroid dienone is 2. The normalized spacial score (nSPS) is 15.7. The number of hydrogen-bond donors (Lipinski definition) is 0. The third-order valence-electron chi connectivity index (χ3n) is 2.14. The Morgan fingerprint density at radius 1 is 1.31 bits per heavy atom. The first-order valence-corrected chi connectivity index (χ1v) is 4.58. The maximum absolute atomic E-state index is 5.56. The summed E-state index contributed by atoms with van der Waals surface area (Å²) in [6, 6.07) is 8.24. The summed E-state index contributed by atoms with van der Waals surface area (Å²) < 4.78 is 5.56. The predicted molar refractivity (Wildman–Crippen MR) is 53.5 cm³/mol. The molecule has 0 saturated heterocycles. The van der Waals surface area contributed by atoms with Crippen molar-refractivity contribution in [2.24, 2.45) is 5.92 Å². The lowest BCUT2D eigenvalue weighted by molar-refractivity contribution is 0.110. The second-order valence-corrected chi connectivity index (χ2v) is 3.24. The molecule has 1 aliphatic carbocycles. The SMILES string of the molecule is C1=CC(COCc2cc[cH-]c2)C=C1. The Balaban J connectivity index is 1.69. The molecule has 0 atom stereocenters. The summed E-state index contributed by atoms with van der Waals surface area (Å²) in [5.41, 5.74) is 1.26. The van der Waals surface area contributed by atoms with E-state index in [1.807, 2.05) is 12.1 Å². The van der Waals surface area contributed by atoms with Gasteiger partial charge in [-0.3, -0.25) is 0 Å². The van der Waals surface area contributed by atoms with Gasteiger partial charge in [-0.2, -0.15) is 23.8 Å². The topological polar surface area (TPSA) is 9.23 Å². The molecule has 0 amide bonds. The summed E-state index contributed by atoms with van der Waals surface area (Å²) in [6.45, 7) is 1.52. The van der Waals surface area contributed by atoms with Crippen molar-refractivity contribution < 1.29 is 4.74 Å². The van der Waals surface area contributed by atoms with Gasteiger partial charge in [0.25, 0.3) is 0 Å². The molecule has 0 N–H and O–H groups in total. The fraction of sp³-hybridized carbons (Fsp3) is 0.250. The van der Waals surface area contributed by atoms with Crippen LogP contribution in [0.2, 0.25) is 0 Å². The minimum Gasteiger partial charge on any atom is -0.389 e. The Labute approximate surface area is 78.7 Å². The summed E-state index contributed by atoms with van der Waals surface area (Å²) in [7, 11) is 0. The van der Waals surface area contributed by atoms with Crippen LogP contribution in [0.5, 0.6) is 0 Å². The van der Waals surface area contributed by atoms with Gasteiger partial charge in [-0.05, 0) is 0 Å². The first-order chi connectivity index (χ1) is 6.45. The lowest BCUT2D eigenvalue weighted by Crippen LogP contribution is -2.02. The zero-order chi connectivity index (χ0) is 8.93. The van der Waals surface area contributed by atoms with Gasteiger partial charge in [-0.1, -0.05) is 24.3 Å². The number of rotatable bonds is 4. The van der Waals surface area contributed by atoms with E-state index >= 15 is 0 Å². The van der Waals surface area contributed by atoms with E-state index in [1.54, 1.807) is 0 Å². The van der Waals surface area contributed by atoms with Gasteiger partial charge < -0.3 is 4.74 Å². The van der Waals surface area contributed by atoms with Gasteiger partial charge in [0.15, 0.2) is 0 Å². The smallest absolute Gasteiger partial charge is 0.0553 e. The van der Waals surface area contributed by atoms with Gasteiger partial charge in [-0.25, -0.2) is 6.07 Å². The molecule has 0 spiro atoms. The number of ether oxygens (including phenoxy) is 1. The van der Waals surface area contributed by atoms with Crippen LogP contribution in [0, 0.1) is 5.92 Å². The molecule has 0 saturated carbocycles. The molecule has 13 heavy (non-hydrogen) atoms. The van der Waals surface area contributed by atoms with E-state index in [2.05, 4.69) is 36.4 Å². The molecule has 0 aromatic heterocycles. The average molecular weight is 173 g/mol. The van der Waals surface area contributed by atoms with Crippen LogP contribution in [0.3, 0.4) is 0 Å². The van der Waals surface area contributed by atoms with E-state index in [0.29, 0.717) is 5.92 Å². The van der Waals surface area contributed by atoms with Crippen LogP contribution >= 0.6 is 0 Å². The second kappa shape index (κ2) is 4.15. The van der Waals surface area contributed by atoms with Crippen molar-refractivity contribution in [2.45, 2.75) is 6.61 Å². The molecule has 2 rings (SSSR count). The Hall–Kier alpha value is -1.21. The van der Waals surface area contributed by atoms with E-state index in [1.165, 1.54) is 5.56 Å². The number of hydrogen-bond acceptors (Lipinski definition) is 1. The molecule has 0 bridgehead atoms. The van der Waals surface area contributed by atoms with E-state index in [4.69, 9.17) is 4.74 Å². The van der Waals surface area contributed by atoms with Crippen LogP contribution < -0.4 is 0 Å². The van der Waals surface area contributed by atoms with Crippen LogP contribution in [0.25, 0.3) is 0 Å². The molecule has 0 aliphatic heterocycles. The maximum atomic E-state index is 5.56. The fourth-order valence-electron chi connectivity index (χ4n) is 1.41. The molecule has 0 radical (unpaired) electrons. The van der Waals surface area contributed by atoms with Crippen molar-refractivity contribution in [3.8, 4) is 0 Å². The van der Waals surface area contributed by atoms with Crippen molar-refractivity contribution in [2.75, 3.05) is 6.61 Å². The second-order valence-electron chi connectivity index (χ2n) is 3.24. The van der Waals surface area contributed by atoms with Crippen molar-refractivity contribution in [1.29, 1.82) is 0 Å². The minimum atomic E-state index is 0.481. The molecule has 1 nitrogen and oxygen atoms in total. The minimum absolute atomic E-state index is 0.481. The summed E-state index contributed by atoms with van der Waals surface area (Å²) in [6.07, 6.45) is 8.45. The molecule has 1 aromatic rings. The third kappa shape index (κ3) is 2.36. The molecular weight excluding hydrogens is 160 g/mol. The highest BCUT2D eigenvalue weighted by Crippen LogP contribution is 2.10. The zero-order valence-electron chi connectivity index (χ0n) is 7.52. The van der Waals surface area contributed by atoms with Crippen molar-refractivity contribution in [3.63, 3.8) is 0 Å². The van der Waals surface area contributed by atoms with Crippen molar-refractivity contribution in [1.82, 2.24) is 0 Å². The molecular formula is C12H13O-. The molecule has 68 valence electrons. The van der Waals surface area contributed by atoms with Gasteiger partial charge in [0.1, 0.15) is 0 Å². The van der Waals surface area contributed by atoms with E-state index in [9.17, 15) is 0 Å². The Morgan fingerprint density at radius 2 is 2.15 bits per heavy atom. The molecule has 0 heterocycles. The quantitative estimate of drug-likeness (QED) is 0.636. The van der Waals surface area contributed by atoms with Crippen molar-refractivity contribution in [3.05, 3.63) is 54.1 Å². The highest BCUT2D eigenvalue weighted by Gasteiger charge is 2.01. The van der Waals surface area contributed by atoms with Gasteiger partial charge in [0, 0.05) is 12.5 Å². The lowest BCUT2D eigenvalue weighted by Gasteiger charge is -2.08. The largest absolute Gasteiger partial charge is 0.389 e. The van der Waals surface area contributed by atoms with Gasteiger partial charge in [0.2, 0.25) is 0 Å². The highest BCUT2D eigenvalue weighted by molar-refractivity contribution is 5.18. The maximum Gasteiger partial charge on any atom is 0.0553 e. The summed E-state index contributed by atoms with van der Waals surface area (Å²) in [5.74, 6) is 0.481. The van der Waals surface area contributed by atoms with Crippen LogP contribution in [-0.4, -0.2) is 6.61 Å². The fourth-order valence-corrected chi connectivity index (χ4v) is 1.41. The van der Waals surface area contributed by atoms with Crippen LogP contribution in [0.4, 0.5) is 0 Å². The molecule has 0 unspecified atom stereocenters. The molecule has 1 heteroatoms. The van der Waals surface area contributed by atoms with Gasteiger partial charge in [0.05, 0.1) is 6.61 Å². The summed E-state index contributed by atoms with van der Waals surface area (Å²) in [5, 5.41) is 0. The van der Waals surface area contributed by atoms with Crippen LogP contribution in [0.1, 0.15) is 5.56 Å². The predicted octanol–water partition coefficient (Wildman–Crippen LogP) is 2.66. The summed E-state index contributed by atoms with van der Waals surface area (Å²) in [4.78, 5) is 0. The first-order valence-electron chi connectivity index (χ1n) is 4.58. The van der Waals surface area contributed by atoms with E-state index in [-0.39, 0.29) is 0 Å². The zero-order valence-corrected chi connectivity index (χ0v) is 7.52. The third-order valence-corrected chi connectivity index (χ3v) is 2.14. The molecule has 1 aromatic carbocycles. The average Bonchev–Trinajstić information content (AvgIpc) is 2.75. The Kier molecular flexibility index (Phi) is 2.68. The lowest BCUT2D eigenvalue weighted by atomic mass is 10.2. The standard InChI is InChI=1S/C12H13O/c1-2-6-11(5-1)9-13-10-12-7-3-4-8-12/h1-8,11H,9-10H2/q-1. The van der Waals surface area contributed by atoms with Crippen LogP contribution in [0.15, 0.2) is 48.6 Å². The van der Waals surface area contributed by atoms with Gasteiger partial charge in [-0.15, -0.1) is 0 Å². The van der Waals surface area contributed by atoms with Crippen LogP contribution in [-0.2, 0) is 11.3 Å². The summed E-state index contributed by atoms with van der Waals surface area (Å²) >= 11 is 0. The monoisotopic (exact) mass is 173 g/mol. The Morgan fingerprint density at radius 3 is 2.85 bits per heavy atom. The first kappa shape index (κ1) is 8.39. The molecule has 0 fully saturated rings. The molecule has 1 aliphatic rings. The van der Waals surface area contributed by atoms with E-state index < -0.39 is 0 Å². The van der Waals surface area contributed by atoms with E-state index in [0.717, 1.165) is 13.2 Å². The highest BCUT2D eigenvalue weighted by atomic mass is 16.5. The Bertz CT molecular complexity index is 281. The van der Waals surface area contributed by atoms with Gasteiger partial charge >= 0.3 is 0 Å². The van der Waals surface area contributed by atoms with Crippen molar-refractivity contribution >= 4 is 0 Å².